The van der Waals surface area contributed by atoms with Crippen molar-refractivity contribution < 1.29 is 9.18 Å². The Bertz CT molecular complexity index is 1350. The monoisotopic (exact) mass is 467 g/mol. The summed E-state index contributed by atoms with van der Waals surface area (Å²) in [5, 5.41) is 2.73. The van der Waals surface area contributed by atoms with Crippen LogP contribution in [0.4, 0.5) is 4.39 Å². The molecule has 0 unspecified atom stereocenters. The zero-order valence-corrected chi connectivity index (χ0v) is 19.6. The van der Waals surface area contributed by atoms with Crippen molar-refractivity contribution in [3.8, 4) is 11.1 Å². The van der Waals surface area contributed by atoms with Gasteiger partial charge in [-0.2, -0.15) is 0 Å². The zero-order chi connectivity index (χ0) is 22.8. The average Bonchev–Trinajstić information content (AvgIpc) is 3.19. The molecule has 4 aromatic rings. The van der Waals surface area contributed by atoms with Crippen molar-refractivity contribution in [2.24, 2.45) is 0 Å². The molecule has 0 fully saturated rings. The predicted molar refractivity (Wildman–Crippen MR) is 129 cm³/mol. The zero-order valence-electron chi connectivity index (χ0n) is 17.9. The van der Waals surface area contributed by atoms with Crippen LogP contribution in [0.5, 0.6) is 0 Å². The van der Waals surface area contributed by atoms with Gasteiger partial charge in [-0.05, 0) is 42.7 Å². The van der Waals surface area contributed by atoms with Crippen LogP contribution in [0.1, 0.15) is 16.7 Å². The molecule has 0 spiro atoms. The first-order valence-electron chi connectivity index (χ1n) is 10.0. The van der Waals surface area contributed by atoms with E-state index < -0.39 is 0 Å². The van der Waals surface area contributed by atoms with E-state index in [0.29, 0.717) is 21.9 Å². The molecular formula is C24H22FN3O2S2. The second-order valence-corrected chi connectivity index (χ2v) is 9.50. The number of aromatic amines is 1. The van der Waals surface area contributed by atoms with E-state index in [1.807, 2.05) is 31.4 Å². The Kier molecular flexibility index (Phi) is 6.43. The minimum atomic E-state index is -0.328. The quantitative estimate of drug-likeness (QED) is 0.314. The molecular weight excluding hydrogens is 445 g/mol. The van der Waals surface area contributed by atoms with E-state index in [9.17, 15) is 14.0 Å². The number of carbonyl (C=O) groups excluding carboxylic acids is 1. The first kappa shape index (κ1) is 22.2. The normalized spacial score (nSPS) is 11.1. The maximum atomic E-state index is 13.2. The van der Waals surface area contributed by atoms with Crippen LogP contribution in [0.25, 0.3) is 21.3 Å². The molecule has 0 bridgehead atoms. The molecule has 8 heteroatoms. The van der Waals surface area contributed by atoms with Gasteiger partial charge in [-0.15, -0.1) is 11.3 Å². The van der Waals surface area contributed by atoms with Crippen molar-refractivity contribution in [1.29, 1.82) is 0 Å². The first-order valence-corrected chi connectivity index (χ1v) is 11.9. The maximum Gasteiger partial charge on any atom is 0.260 e. The highest BCUT2D eigenvalue weighted by Gasteiger charge is 2.16. The summed E-state index contributed by atoms with van der Waals surface area (Å²) in [6.07, 6.45) is 0. The number of aromatic nitrogens is 2. The molecule has 1 N–H and O–H groups in total. The second-order valence-electron chi connectivity index (χ2n) is 7.68. The lowest BCUT2D eigenvalue weighted by molar-refractivity contribution is -0.127. The third-order valence-corrected chi connectivity index (χ3v) is 6.97. The van der Waals surface area contributed by atoms with Gasteiger partial charge in [0.25, 0.3) is 5.56 Å². The van der Waals surface area contributed by atoms with Crippen LogP contribution in [0.3, 0.4) is 0 Å². The number of H-pyrrole nitrogens is 1. The average molecular weight is 468 g/mol. The van der Waals surface area contributed by atoms with Crippen LogP contribution >= 0.6 is 23.1 Å². The molecule has 4 rings (SSSR count). The van der Waals surface area contributed by atoms with Gasteiger partial charge < -0.3 is 9.88 Å². The van der Waals surface area contributed by atoms with Crippen molar-refractivity contribution in [3.05, 3.63) is 80.7 Å². The summed E-state index contributed by atoms with van der Waals surface area (Å²) in [6, 6.07) is 12.2. The van der Waals surface area contributed by atoms with E-state index in [2.05, 4.69) is 16.0 Å². The minimum absolute atomic E-state index is 0.0455. The Hall–Kier alpha value is -2.97. The number of nitrogens with one attached hydrogen (secondary N) is 1. The number of rotatable bonds is 6. The lowest BCUT2D eigenvalue weighted by Gasteiger charge is -2.18. The van der Waals surface area contributed by atoms with Gasteiger partial charge in [0.1, 0.15) is 10.6 Å². The number of hydrogen-bond donors (Lipinski definition) is 1. The van der Waals surface area contributed by atoms with Crippen LogP contribution < -0.4 is 5.56 Å². The second kappa shape index (κ2) is 9.26. The Morgan fingerprint density at radius 2 is 1.94 bits per heavy atom. The number of halogens is 1. The molecule has 0 aliphatic heterocycles. The van der Waals surface area contributed by atoms with E-state index in [-0.39, 0.29) is 23.0 Å². The van der Waals surface area contributed by atoms with Gasteiger partial charge >= 0.3 is 0 Å². The Morgan fingerprint density at radius 1 is 1.19 bits per heavy atom. The number of nitrogens with zero attached hydrogens (tertiary/aromatic N) is 2. The van der Waals surface area contributed by atoms with Gasteiger partial charge in [0.05, 0.1) is 11.1 Å². The van der Waals surface area contributed by atoms with Gasteiger partial charge in [0, 0.05) is 24.5 Å². The number of thiophene rings is 1. The Balaban J connectivity index is 1.47. The summed E-state index contributed by atoms with van der Waals surface area (Å²) >= 11 is 2.56. The molecule has 2 aromatic heterocycles. The van der Waals surface area contributed by atoms with E-state index in [1.165, 1.54) is 40.8 Å². The van der Waals surface area contributed by atoms with E-state index in [1.54, 1.807) is 24.1 Å². The molecule has 1 amide bonds. The van der Waals surface area contributed by atoms with Crippen LogP contribution in [-0.4, -0.2) is 33.6 Å². The SMILES string of the molecule is Cc1ccc(CN(C)C(=O)CSc2nc3scc(-c4ccc(F)cc4)c3c(=O)[nH]2)c(C)c1. The fourth-order valence-corrected chi connectivity index (χ4v) is 5.25. The molecule has 0 saturated carbocycles. The Labute approximate surface area is 193 Å². The molecule has 0 aliphatic rings. The van der Waals surface area contributed by atoms with Crippen molar-refractivity contribution in [2.45, 2.75) is 25.5 Å². The molecule has 0 radical (unpaired) electrons. The van der Waals surface area contributed by atoms with Crippen LogP contribution in [0.15, 0.2) is 57.8 Å². The molecule has 5 nitrogen and oxygen atoms in total. The molecule has 0 aliphatic carbocycles. The molecule has 164 valence electrons. The van der Waals surface area contributed by atoms with Gasteiger partial charge in [-0.1, -0.05) is 47.7 Å². The lowest BCUT2D eigenvalue weighted by Crippen LogP contribution is -2.28. The van der Waals surface area contributed by atoms with Crippen LogP contribution in [0.2, 0.25) is 0 Å². The molecule has 32 heavy (non-hydrogen) atoms. The lowest BCUT2D eigenvalue weighted by atomic mass is 10.1. The summed E-state index contributed by atoms with van der Waals surface area (Å²) in [4.78, 5) is 34.9. The van der Waals surface area contributed by atoms with E-state index in [0.717, 1.165) is 22.3 Å². The van der Waals surface area contributed by atoms with Gasteiger partial charge in [0.2, 0.25) is 5.91 Å². The van der Waals surface area contributed by atoms with Crippen LogP contribution in [0, 0.1) is 19.7 Å². The smallest absolute Gasteiger partial charge is 0.260 e. The molecule has 0 saturated heterocycles. The van der Waals surface area contributed by atoms with Crippen molar-refractivity contribution in [2.75, 3.05) is 12.8 Å². The highest BCUT2D eigenvalue weighted by atomic mass is 32.2. The maximum absolute atomic E-state index is 13.2. The number of amides is 1. The number of aryl methyl sites for hydroxylation is 2. The van der Waals surface area contributed by atoms with Gasteiger partial charge in [-0.25, -0.2) is 9.37 Å². The standard InChI is InChI=1S/C24H22FN3O2S2/c1-14-4-5-17(15(2)10-14)11-28(3)20(29)13-32-24-26-22(30)21-19(12-31-23(21)27-24)16-6-8-18(25)9-7-16/h4-10,12H,11,13H2,1-3H3,(H,26,27,30). The number of thioether (sulfide) groups is 1. The van der Waals surface area contributed by atoms with Gasteiger partial charge in [-0.3, -0.25) is 9.59 Å². The van der Waals surface area contributed by atoms with E-state index in [4.69, 9.17) is 0 Å². The largest absolute Gasteiger partial charge is 0.341 e. The number of hydrogen-bond acceptors (Lipinski definition) is 5. The fourth-order valence-electron chi connectivity index (χ4n) is 3.45. The first-order chi connectivity index (χ1) is 15.3. The highest BCUT2D eigenvalue weighted by molar-refractivity contribution is 7.99. The van der Waals surface area contributed by atoms with Crippen molar-refractivity contribution in [1.82, 2.24) is 14.9 Å². The highest BCUT2D eigenvalue weighted by Crippen LogP contribution is 2.31. The summed E-state index contributed by atoms with van der Waals surface area (Å²) in [5.41, 5.74) is 4.67. The third kappa shape index (κ3) is 4.76. The predicted octanol–water partition coefficient (Wildman–Crippen LogP) is 5.16. The topological polar surface area (TPSA) is 66.1 Å². The summed E-state index contributed by atoms with van der Waals surface area (Å²) in [5.74, 6) is -0.200. The fraction of sp³-hybridized carbons (Fsp3) is 0.208. The minimum Gasteiger partial charge on any atom is -0.341 e. The summed E-state index contributed by atoms with van der Waals surface area (Å²) in [7, 11) is 1.77. The number of carbonyl (C=O) groups is 1. The summed E-state index contributed by atoms with van der Waals surface area (Å²) in [6.45, 7) is 4.62. The molecule has 2 heterocycles. The molecule has 0 atom stereocenters. The molecule has 2 aromatic carbocycles. The van der Waals surface area contributed by atoms with Crippen molar-refractivity contribution in [3.63, 3.8) is 0 Å². The van der Waals surface area contributed by atoms with Crippen LogP contribution in [-0.2, 0) is 11.3 Å². The summed E-state index contributed by atoms with van der Waals surface area (Å²) < 4.78 is 13.2. The van der Waals surface area contributed by atoms with E-state index >= 15 is 0 Å². The van der Waals surface area contributed by atoms with Crippen molar-refractivity contribution >= 4 is 39.2 Å². The third-order valence-electron chi connectivity index (χ3n) is 5.24. The Morgan fingerprint density at radius 3 is 2.66 bits per heavy atom. The number of fused-ring (bicyclic) bond motifs is 1. The number of benzene rings is 2. The van der Waals surface area contributed by atoms with Gasteiger partial charge in [0.15, 0.2) is 5.16 Å².